The van der Waals surface area contributed by atoms with Crippen LogP contribution in [0.2, 0.25) is 0 Å². The smallest absolute Gasteiger partial charge is 0.270 e. The van der Waals surface area contributed by atoms with Crippen molar-refractivity contribution in [3.8, 4) is 0 Å². The van der Waals surface area contributed by atoms with Crippen LogP contribution in [0, 0.1) is 5.92 Å². The van der Waals surface area contributed by atoms with Crippen molar-refractivity contribution >= 4 is 16.8 Å². The fourth-order valence-electron chi connectivity index (χ4n) is 3.30. The zero-order valence-corrected chi connectivity index (χ0v) is 13.2. The highest BCUT2D eigenvalue weighted by Crippen LogP contribution is 2.27. The van der Waals surface area contributed by atoms with E-state index in [1.165, 1.54) is 0 Å². The Morgan fingerprint density at radius 3 is 2.82 bits per heavy atom. The largest absolute Gasteiger partial charge is 0.390 e. The lowest BCUT2D eigenvalue weighted by Gasteiger charge is -2.34. The van der Waals surface area contributed by atoms with Crippen LogP contribution in [0.5, 0.6) is 0 Å². The average molecular weight is 301 g/mol. The summed E-state index contributed by atoms with van der Waals surface area (Å²) in [4.78, 5) is 21.7. The SMILES string of the molecule is CC(C)(O)CC1CCN(C(=O)c2cc3cnccc3[nH]2)CC1. The highest BCUT2D eigenvalue weighted by Gasteiger charge is 2.27. The number of carbonyl (C=O) groups is 1. The molecule has 2 aromatic heterocycles. The molecule has 0 bridgehead atoms. The molecule has 3 heterocycles. The first-order valence-electron chi connectivity index (χ1n) is 7.87. The molecule has 1 aliphatic rings. The van der Waals surface area contributed by atoms with Crippen molar-refractivity contribution in [2.45, 2.75) is 38.7 Å². The highest BCUT2D eigenvalue weighted by molar-refractivity contribution is 5.97. The number of carbonyl (C=O) groups excluding carboxylic acids is 1. The van der Waals surface area contributed by atoms with Crippen molar-refractivity contribution in [3.05, 3.63) is 30.2 Å². The van der Waals surface area contributed by atoms with E-state index in [2.05, 4.69) is 9.97 Å². The molecule has 0 aromatic carbocycles. The fraction of sp³-hybridized carbons (Fsp3) is 0.529. The third kappa shape index (κ3) is 3.30. The molecule has 0 radical (unpaired) electrons. The summed E-state index contributed by atoms with van der Waals surface area (Å²) >= 11 is 0. The number of nitrogens with zero attached hydrogens (tertiary/aromatic N) is 2. The van der Waals surface area contributed by atoms with Gasteiger partial charge >= 0.3 is 0 Å². The molecular formula is C17H23N3O2. The summed E-state index contributed by atoms with van der Waals surface area (Å²) in [6, 6.07) is 3.75. The minimum absolute atomic E-state index is 0.0536. The van der Waals surface area contributed by atoms with Gasteiger partial charge in [-0.3, -0.25) is 9.78 Å². The number of likely N-dealkylation sites (tertiary alicyclic amines) is 1. The molecule has 0 atom stereocenters. The molecule has 1 saturated heterocycles. The second kappa shape index (κ2) is 5.72. The molecule has 1 aliphatic heterocycles. The summed E-state index contributed by atoms with van der Waals surface area (Å²) in [5.41, 5.74) is 0.945. The van der Waals surface area contributed by atoms with E-state index in [4.69, 9.17) is 0 Å². The molecule has 0 unspecified atom stereocenters. The molecular weight excluding hydrogens is 278 g/mol. The van der Waals surface area contributed by atoms with E-state index in [0.717, 1.165) is 43.3 Å². The molecule has 2 aromatic rings. The van der Waals surface area contributed by atoms with Crippen LogP contribution in [0.1, 0.15) is 43.6 Å². The second-order valence-corrected chi connectivity index (χ2v) is 6.90. The van der Waals surface area contributed by atoms with Crippen LogP contribution in [-0.2, 0) is 0 Å². The van der Waals surface area contributed by atoms with Crippen LogP contribution in [-0.4, -0.2) is 44.6 Å². The second-order valence-electron chi connectivity index (χ2n) is 6.90. The van der Waals surface area contributed by atoms with Gasteiger partial charge in [-0.25, -0.2) is 0 Å². The van der Waals surface area contributed by atoms with E-state index in [0.29, 0.717) is 11.6 Å². The maximum Gasteiger partial charge on any atom is 0.270 e. The van der Waals surface area contributed by atoms with E-state index in [9.17, 15) is 9.90 Å². The first kappa shape index (κ1) is 15.0. The Kier molecular flexibility index (Phi) is 3.91. The molecule has 0 spiro atoms. The van der Waals surface area contributed by atoms with Gasteiger partial charge in [-0.05, 0) is 51.2 Å². The number of amides is 1. The molecule has 2 N–H and O–H groups in total. The van der Waals surface area contributed by atoms with Crippen LogP contribution < -0.4 is 0 Å². The molecule has 0 aliphatic carbocycles. The number of piperidine rings is 1. The quantitative estimate of drug-likeness (QED) is 0.915. The van der Waals surface area contributed by atoms with Crippen LogP contribution in [0.15, 0.2) is 24.5 Å². The van der Waals surface area contributed by atoms with Crippen molar-refractivity contribution in [1.82, 2.24) is 14.9 Å². The molecule has 118 valence electrons. The number of nitrogens with one attached hydrogen (secondary N) is 1. The number of H-pyrrole nitrogens is 1. The zero-order chi connectivity index (χ0) is 15.7. The Bertz CT molecular complexity index is 631. The number of hydrogen-bond donors (Lipinski definition) is 2. The lowest BCUT2D eigenvalue weighted by molar-refractivity contribution is 0.0357. The minimum Gasteiger partial charge on any atom is -0.390 e. The molecule has 5 nitrogen and oxygen atoms in total. The monoisotopic (exact) mass is 301 g/mol. The number of aliphatic hydroxyl groups is 1. The van der Waals surface area contributed by atoms with E-state index in [-0.39, 0.29) is 5.91 Å². The molecule has 3 rings (SSSR count). The summed E-state index contributed by atoms with van der Waals surface area (Å²) in [6.45, 7) is 5.21. The van der Waals surface area contributed by atoms with Gasteiger partial charge in [0.25, 0.3) is 5.91 Å². The summed E-state index contributed by atoms with van der Waals surface area (Å²) < 4.78 is 0. The van der Waals surface area contributed by atoms with Crippen molar-refractivity contribution in [2.24, 2.45) is 5.92 Å². The number of rotatable bonds is 3. The first-order chi connectivity index (χ1) is 10.4. The summed E-state index contributed by atoms with van der Waals surface area (Å²) in [6.07, 6.45) is 6.19. The van der Waals surface area contributed by atoms with Gasteiger partial charge in [-0.2, -0.15) is 0 Å². The lowest BCUT2D eigenvalue weighted by Crippen LogP contribution is -2.40. The van der Waals surface area contributed by atoms with Gasteiger partial charge in [0.15, 0.2) is 0 Å². The van der Waals surface area contributed by atoms with Gasteiger partial charge in [0.2, 0.25) is 0 Å². The van der Waals surface area contributed by atoms with E-state index in [1.54, 1.807) is 12.4 Å². The van der Waals surface area contributed by atoms with Gasteiger partial charge in [-0.1, -0.05) is 0 Å². The molecule has 1 amide bonds. The van der Waals surface area contributed by atoms with Gasteiger partial charge in [0.1, 0.15) is 5.69 Å². The van der Waals surface area contributed by atoms with Gasteiger partial charge in [0, 0.05) is 36.4 Å². The van der Waals surface area contributed by atoms with E-state index in [1.807, 2.05) is 30.9 Å². The average Bonchev–Trinajstić information content (AvgIpc) is 2.89. The Hall–Kier alpha value is -1.88. The van der Waals surface area contributed by atoms with Crippen LogP contribution >= 0.6 is 0 Å². The minimum atomic E-state index is -0.624. The maximum atomic E-state index is 12.6. The molecule has 0 saturated carbocycles. The number of aromatic nitrogens is 2. The number of fused-ring (bicyclic) bond motifs is 1. The van der Waals surface area contributed by atoms with Crippen molar-refractivity contribution < 1.29 is 9.90 Å². The number of aromatic amines is 1. The predicted octanol–water partition coefficient (Wildman–Crippen LogP) is 2.58. The topological polar surface area (TPSA) is 69.2 Å². The lowest BCUT2D eigenvalue weighted by atomic mass is 9.86. The number of pyridine rings is 1. The normalized spacial score (nSPS) is 17.1. The zero-order valence-electron chi connectivity index (χ0n) is 13.2. The third-order valence-electron chi connectivity index (χ3n) is 4.34. The Morgan fingerprint density at radius 1 is 1.45 bits per heavy atom. The first-order valence-corrected chi connectivity index (χ1v) is 7.87. The number of hydrogen-bond acceptors (Lipinski definition) is 3. The van der Waals surface area contributed by atoms with Crippen molar-refractivity contribution in [3.63, 3.8) is 0 Å². The van der Waals surface area contributed by atoms with E-state index >= 15 is 0 Å². The van der Waals surface area contributed by atoms with Gasteiger partial charge < -0.3 is 15.0 Å². The highest BCUT2D eigenvalue weighted by atomic mass is 16.3. The summed E-state index contributed by atoms with van der Waals surface area (Å²) in [5.74, 6) is 0.550. The van der Waals surface area contributed by atoms with Crippen LogP contribution in [0.4, 0.5) is 0 Å². The van der Waals surface area contributed by atoms with Crippen LogP contribution in [0.25, 0.3) is 10.9 Å². The van der Waals surface area contributed by atoms with E-state index < -0.39 is 5.60 Å². The fourth-order valence-corrected chi connectivity index (χ4v) is 3.30. The Morgan fingerprint density at radius 2 is 2.18 bits per heavy atom. The summed E-state index contributed by atoms with van der Waals surface area (Å²) in [5, 5.41) is 10.9. The van der Waals surface area contributed by atoms with Crippen molar-refractivity contribution in [2.75, 3.05) is 13.1 Å². The molecule has 5 heteroatoms. The van der Waals surface area contributed by atoms with Gasteiger partial charge in [-0.15, -0.1) is 0 Å². The Balaban J connectivity index is 1.64. The third-order valence-corrected chi connectivity index (χ3v) is 4.34. The molecule has 22 heavy (non-hydrogen) atoms. The van der Waals surface area contributed by atoms with Gasteiger partial charge in [0.05, 0.1) is 5.60 Å². The molecule has 1 fully saturated rings. The Labute approximate surface area is 130 Å². The van der Waals surface area contributed by atoms with Crippen molar-refractivity contribution in [1.29, 1.82) is 0 Å². The van der Waals surface area contributed by atoms with Crippen LogP contribution in [0.3, 0.4) is 0 Å². The standard InChI is InChI=1S/C17H23N3O2/c1-17(2,22)10-12-4-7-20(8-5-12)16(21)15-9-13-11-18-6-3-14(13)19-15/h3,6,9,11-12,19,22H,4-5,7-8,10H2,1-2H3. The maximum absolute atomic E-state index is 12.6. The predicted molar refractivity (Wildman–Crippen MR) is 85.6 cm³/mol. The summed E-state index contributed by atoms with van der Waals surface area (Å²) in [7, 11) is 0.